The molecule has 0 saturated heterocycles. The number of halogens is 1. The Labute approximate surface area is 117 Å². The van der Waals surface area contributed by atoms with Crippen molar-refractivity contribution in [2.24, 2.45) is 5.92 Å². The maximum Gasteiger partial charge on any atom is 0.270 e. The SMILES string of the molecule is CCC1CC1NC(=O)c1cc(Cl)c2ccccc2n1. The van der Waals surface area contributed by atoms with E-state index in [9.17, 15) is 4.79 Å². The van der Waals surface area contributed by atoms with Crippen LogP contribution in [0.5, 0.6) is 0 Å². The molecule has 2 atom stereocenters. The van der Waals surface area contributed by atoms with Crippen LogP contribution in [0.4, 0.5) is 0 Å². The standard InChI is InChI=1S/C15H15ClN2O/c1-2-9-7-13(9)18-15(19)14-8-11(16)10-5-3-4-6-12(10)17-14/h3-6,8-9,13H,2,7H2,1H3,(H,18,19). The van der Waals surface area contributed by atoms with Crippen LogP contribution in [0.25, 0.3) is 10.9 Å². The monoisotopic (exact) mass is 274 g/mol. The third-order valence-electron chi connectivity index (χ3n) is 3.66. The number of fused-ring (bicyclic) bond motifs is 1. The van der Waals surface area contributed by atoms with E-state index in [0.717, 1.165) is 23.7 Å². The number of carbonyl (C=O) groups is 1. The molecule has 4 heteroatoms. The van der Waals surface area contributed by atoms with Gasteiger partial charge in [-0.05, 0) is 24.5 Å². The molecule has 1 aliphatic rings. The molecule has 1 saturated carbocycles. The van der Waals surface area contributed by atoms with Gasteiger partial charge >= 0.3 is 0 Å². The first-order valence-electron chi connectivity index (χ1n) is 6.55. The quantitative estimate of drug-likeness (QED) is 0.932. The number of benzene rings is 1. The van der Waals surface area contributed by atoms with Crippen molar-refractivity contribution in [3.63, 3.8) is 0 Å². The number of carbonyl (C=O) groups excluding carboxylic acids is 1. The molecule has 1 amide bonds. The van der Waals surface area contributed by atoms with Gasteiger partial charge in [0.1, 0.15) is 5.69 Å². The molecule has 3 rings (SSSR count). The van der Waals surface area contributed by atoms with Crippen LogP contribution in [0.15, 0.2) is 30.3 Å². The van der Waals surface area contributed by atoms with Gasteiger partial charge in [0, 0.05) is 11.4 Å². The lowest BCUT2D eigenvalue weighted by molar-refractivity contribution is 0.0944. The summed E-state index contributed by atoms with van der Waals surface area (Å²) in [6.07, 6.45) is 2.18. The van der Waals surface area contributed by atoms with Gasteiger partial charge in [-0.1, -0.05) is 43.1 Å². The van der Waals surface area contributed by atoms with Gasteiger partial charge in [-0.25, -0.2) is 4.98 Å². The average molecular weight is 275 g/mol. The van der Waals surface area contributed by atoms with E-state index in [0.29, 0.717) is 22.7 Å². The maximum absolute atomic E-state index is 12.1. The fourth-order valence-electron chi connectivity index (χ4n) is 2.37. The van der Waals surface area contributed by atoms with Crippen molar-refractivity contribution >= 4 is 28.4 Å². The predicted octanol–water partition coefficient (Wildman–Crippen LogP) is 3.42. The zero-order valence-corrected chi connectivity index (χ0v) is 11.4. The number of para-hydroxylation sites is 1. The van der Waals surface area contributed by atoms with Gasteiger partial charge in [-0.3, -0.25) is 4.79 Å². The van der Waals surface area contributed by atoms with E-state index in [4.69, 9.17) is 11.6 Å². The molecule has 0 bridgehead atoms. The van der Waals surface area contributed by atoms with E-state index in [-0.39, 0.29) is 5.91 Å². The van der Waals surface area contributed by atoms with Crippen molar-refractivity contribution in [3.8, 4) is 0 Å². The van der Waals surface area contributed by atoms with Crippen LogP contribution in [0, 0.1) is 5.92 Å². The maximum atomic E-state index is 12.1. The van der Waals surface area contributed by atoms with Crippen molar-refractivity contribution in [1.82, 2.24) is 10.3 Å². The first-order chi connectivity index (χ1) is 9.19. The van der Waals surface area contributed by atoms with Gasteiger partial charge in [-0.15, -0.1) is 0 Å². The molecule has 2 aromatic rings. The fourth-order valence-corrected chi connectivity index (χ4v) is 2.63. The molecule has 1 N–H and O–H groups in total. The molecule has 0 radical (unpaired) electrons. The lowest BCUT2D eigenvalue weighted by Crippen LogP contribution is -2.27. The van der Waals surface area contributed by atoms with E-state index >= 15 is 0 Å². The first-order valence-corrected chi connectivity index (χ1v) is 6.93. The summed E-state index contributed by atoms with van der Waals surface area (Å²) in [5, 5.41) is 4.44. The van der Waals surface area contributed by atoms with Crippen molar-refractivity contribution in [1.29, 1.82) is 0 Å². The smallest absolute Gasteiger partial charge is 0.270 e. The number of amides is 1. The molecule has 1 heterocycles. The highest BCUT2D eigenvalue weighted by Crippen LogP contribution is 2.33. The molecule has 0 aliphatic heterocycles. The Balaban J connectivity index is 1.86. The molecule has 19 heavy (non-hydrogen) atoms. The molecular formula is C15H15ClN2O. The molecular weight excluding hydrogens is 260 g/mol. The Kier molecular flexibility index (Phi) is 3.15. The van der Waals surface area contributed by atoms with Crippen molar-refractivity contribution in [3.05, 3.63) is 41.0 Å². The summed E-state index contributed by atoms with van der Waals surface area (Å²) in [5.41, 5.74) is 1.15. The summed E-state index contributed by atoms with van der Waals surface area (Å²) in [6, 6.07) is 9.52. The van der Waals surface area contributed by atoms with Crippen LogP contribution in [0.3, 0.4) is 0 Å². The normalized spacial score (nSPS) is 21.4. The van der Waals surface area contributed by atoms with Gasteiger partial charge in [0.15, 0.2) is 0 Å². The summed E-state index contributed by atoms with van der Waals surface area (Å²) >= 11 is 6.19. The first kappa shape index (κ1) is 12.4. The minimum Gasteiger partial charge on any atom is -0.348 e. The summed E-state index contributed by atoms with van der Waals surface area (Å²) in [7, 11) is 0. The number of rotatable bonds is 3. The second kappa shape index (κ2) is 4.82. The van der Waals surface area contributed by atoms with Crippen LogP contribution >= 0.6 is 11.6 Å². The third-order valence-corrected chi connectivity index (χ3v) is 3.97. The molecule has 0 spiro atoms. The number of nitrogens with zero attached hydrogens (tertiary/aromatic N) is 1. The largest absolute Gasteiger partial charge is 0.348 e. The molecule has 2 unspecified atom stereocenters. The topological polar surface area (TPSA) is 42.0 Å². The zero-order chi connectivity index (χ0) is 13.4. The van der Waals surface area contributed by atoms with Crippen molar-refractivity contribution in [2.75, 3.05) is 0 Å². The Morgan fingerprint density at radius 3 is 3.00 bits per heavy atom. The van der Waals surface area contributed by atoms with E-state index in [2.05, 4.69) is 17.2 Å². The Hall–Kier alpha value is -1.61. The number of pyridine rings is 1. The molecule has 98 valence electrons. The van der Waals surface area contributed by atoms with E-state index in [1.54, 1.807) is 6.07 Å². The molecule has 1 aromatic heterocycles. The summed E-state index contributed by atoms with van der Waals surface area (Å²) in [4.78, 5) is 16.5. The number of aromatic nitrogens is 1. The van der Waals surface area contributed by atoms with Crippen LogP contribution in [0.1, 0.15) is 30.3 Å². The predicted molar refractivity (Wildman–Crippen MR) is 76.4 cm³/mol. The van der Waals surface area contributed by atoms with Crippen LogP contribution in [0.2, 0.25) is 5.02 Å². The Bertz CT molecular complexity index is 641. The third kappa shape index (κ3) is 2.43. The highest BCUT2D eigenvalue weighted by Gasteiger charge is 2.36. The Morgan fingerprint density at radius 1 is 1.47 bits per heavy atom. The summed E-state index contributed by atoms with van der Waals surface area (Å²) in [6.45, 7) is 2.14. The average Bonchev–Trinajstić information content (AvgIpc) is 3.17. The summed E-state index contributed by atoms with van der Waals surface area (Å²) < 4.78 is 0. The number of hydrogen-bond donors (Lipinski definition) is 1. The van der Waals surface area contributed by atoms with Crippen molar-refractivity contribution in [2.45, 2.75) is 25.8 Å². The number of hydrogen-bond acceptors (Lipinski definition) is 2. The van der Waals surface area contributed by atoms with E-state index < -0.39 is 0 Å². The molecule has 1 aromatic carbocycles. The fraction of sp³-hybridized carbons (Fsp3) is 0.333. The van der Waals surface area contributed by atoms with Crippen LogP contribution in [-0.4, -0.2) is 16.9 Å². The molecule has 1 fully saturated rings. The molecule has 3 nitrogen and oxygen atoms in total. The van der Waals surface area contributed by atoms with Gasteiger partial charge in [-0.2, -0.15) is 0 Å². The van der Waals surface area contributed by atoms with Gasteiger partial charge in [0.2, 0.25) is 0 Å². The zero-order valence-electron chi connectivity index (χ0n) is 10.7. The molecule has 1 aliphatic carbocycles. The number of nitrogens with one attached hydrogen (secondary N) is 1. The second-order valence-electron chi connectivity index (χ2n) is 4.99. The highest BCUT2D eigenvalue weighted by molar-refractivity contribution is 6.35. The lowest BCUT2D eigenvalue weighted by Gasteiger charge is -2.06. The minimum atomic E-state index is -0.131. The summed E-state index contributed by atoms with van der Waals surface area (Å²) in [5.74, 6) is 0.494. The minimum absolute atomic E-state index is 0.131. The van der Waals surface area contributed by atoms with Crippen LogP contribution in [-0.2, 0) is 0 Å². The highest BCUT2D eigenvalue weighted by atomic mass is 35.5. The van der Waals surface area contributed by atoms with Crippen molar-refractivity contribution < 1.29 is 4.79 Å². The van der Waals surface area contributed by atoms with Crippen LogP contribution < -0.4 is 5.32 Å². The Morgan fingerprint density at radius 2 is 2.26 bits per heavy atom. The van der Waals surface area contributed by atoms with Gasteiger partial charge < -0.3 is 5.32 Å². The van der Waals surface area contributed by atoms with Gasteiger partial charge in [0.05, 0.1) is 10.5 Å². The second-order valence-corrected chi connectivity index (χ2v) is 5.40. The van der Waals surface area contributed by atoms with Gasteiger partial charge in [0.25, 0.3) is 5.91 Å². The van der Waals surface area contributed by atoms with E-state index in [1.807, 2.05) is 24.3 Å². The van der Waals surface area contributed by atoms with E-state index in [1.165, 1.54) is 0 Å². The lowest BCUT2D eigenvalue weighted by atomic mass is 10.2.